The second-order valence-electron chi connectivity index (χ2n) is 8.29. The minimum Gasteiger partial charge on any atom is -0.336 e. The minimum atomic E-state index is -3.33. The van der Waals surface area contributed by atoms with Gasteiger partial charge < -0.3 is 9.80 Å². The first kappa shape index (κ1) is 20.4. The molecule has 4 heterocycles. The van der Waals surface area contributed by atoms with Crippen LogP contribution in [0.1, 0.15) is 29.0 Å². The van der Waals surface area contributed by atoms with Crippen molar-refractivity contribution in [1.29, 1.82) is 0 Å². The van der Waals surface area contributed by atoms with E-state index < -0.39 is 9.84 Å². The van der Waals surface area contributed by atoms with Crippen LogP contribution in [0.15, 0.2) is 34.5 Å². The van der Waals surface area contributed by atoms with Crippen LogP contribution in [0.2, 0.25) is 0 Å². The highest BCUT2D eigenvalue weighted by Gasteiger charge is 2.36. The molecule has 0 bridgehead atoms. The van der Waals surface area contributed by atoms with Crippen LogP contribution in [-0.4, -0.2) is 54.6 Å². The van der Waals surface area contributed by atoms with Gasteiger partial charge in [0.15, 0.2) is 9.84 Å². The lowest BCUT2D eigenvalue weighted by atomic mass is 10.1. The normalized spacial score (nSPS) is 19.1. The number of hydrogen-bond acceptors (Lipinski definition) is 7. The van der Waals surface area contributed by atoms with Crippen molar-refractivity contribution >= 4 is 43.9 Å². The molecule has 1 saturated heterocycles. The van der Waals surface area contributed by atoms with Gasteiger partial charge in [0.25, 0.3) is 0 Å². The van der Waals surface area contributed by atoms with E-state index in [1.807, 2.05) is 16.7 Å². The molecule has 0 saturated carbocycles. The van der Waals surface area contributed by atoms with Crippen molar-refractivity contribution in [3.63, 3.8) is 0 Å². The van der Waals surface area contributed by atoms with Crippen LogP contribution < -0.4 is 4.90 Å². The standard InChI is InChI=1S/C22H24N4O3S2/c1-14-17-6-5-16(31(2,28)29)12-18(17)24-22(23-14)26-9-3-4-19(26)21(27)25-10-7-20-15(13-25)8-11-30-20/h5-6,8,11-12,19H,3-4,7,9-10,13H2,1-2H3. The summed E-state index contributed by atoms with van der Waals surface area (Å²) in [7, 11) is -3.33. The molecule has 1 atom stereocenters. The number of benzene rings is 1. The number of amides is 1. The van der Waals surface area contributed by atoms with Crippen molar-refractivity contribution in [3.05, 3.63) is 45.8 Å². The van der Waals surface area contributed by atoms with Gasteiger partial charge in [-0.2, -0.15) is 0 Å². The largest absolute Gasteiger partial charge is 0.336 e. The Kier molecular flexibility index (Phi) is 4.97. The van der Waals surface area contributed by atoms with Gasteiger partial charge in [-0.15, -0.1) is 11.3 Å². The number of aryl methyl sites for hydroxylation is 1. The van der Waals surface area contributed by atoms with Crippen molar-refractivity contribution in [2.45, 2.75) is 43.7 Å². The van der Waals surface area contributed by atoms with E-state index in [4.69, 9.17) is 0 Å². The van der Waals surface area contributed by atoms with Crippen molar-refractivity contribution in [2.24, 2.45) is 0 Å². The SMILES string of the molecule is Cc1nc(N2CCCC2C(=O)N2CCc3sccc3C2)nc2cc(S(C)(=O)=O)ccc12. The third kappa shape index (κ3) is 3.70. The van der Waals surface area contributed by atoms with Gasteiger partial charge in [0.05, 0.1) is 16.1 Å². The van der Waals surface area contributed by atoms with Crippen LogP contribution in [0.3, 0.4) is 0 Å². The first-order chi connectivity index (χ1) is 14.8. The zero-order valence-electron chi connectivity index (χ0n) is 17.5. The van der Waals surface area contributed by atoms with Crippen LogP contribution >= 0.6 is 11.3 Å². The summed E-state index contributed by atoms with van der Waals surface area (Å²) in [6, 6.07) is 6.77. The monoisotopic (exact) mass is 456 g/mol. The summed E-state index contributed by atoms with van der Waals surface area (Å²) in [6.45, 7) is 4.01. The molecule has 3 aromatic rings. The molecule has 31 heavy (non-hydrogen) atoms. The summed E-state index contributed by atoms with van der Waals surface area (Å²) in [6.07, 6.45) is 3.77. The Morgan fingerprint density at radius 2 is 2.03 bits per heavy atom. The lowest BCUT2D eigenvalue weighted by molar-refractivity contribution is -0.133. The Bertz CT molecular complexity index is 1290. The van der Waals surface area contributed by atoms with Gasteiger partial charge in [0.1, 0.15) is 6.04 Å². The van der Waals surface area contributed by atoms with E-state index >= 15 is 0 Å². The predicted molar refractivity (Wildman–Crippen MR) is 121 cm³/mol. The highest BCUT2D eigenvalue weighted by atomic mass is 32.2. The van der Waals surface area contributed by atoms with Crippen LogP contribution in [0, 0.1) is 6.92 Å². The maximum atomic E-state index is 13.4. The number of nitrogens with zero attached hydrogens (tertiary/aromatic N) is 4. The highest BCUT2D eigenvalue weighted by Crippen LogP contribution is 2.30. The van der Waals surface area contributed by atoms with E-state index in [1.165, 1.54) is 16.7 Å². The Balaban J connectivity index is 1.46. The molecule has 2 aliphatic heterocycles. The van der Waals surface area contributed by atoms with Gasteiger partial charge in [-0.05, 0) is 61.4 Å². The average Bonchev–Trinajstić information content (AvgIpc) is 3.41. The fourth-order valence-corrected chi connectivity index (χ4v) is 6.05. The van der Waals surface area contributed by atoms with Crippen molar-refractivity contribution in [1.82, 2.24) is 14.9 Å². The fourth-order valence-electron chi connectivity index (χ4n) is 4.52. The zero-order chi connectivity index (χ0) is 21.8. The van der Waals surface area contributed by atoms with Crippen LogP contribution in [0.25, 0.3) is 10.9 Å². The quantitative estimate of drug-likeness (QED) is 0.603. The zero-order valence-corrected chi connectivity index (χ0v) is 19.2. The number of carbonyl (C=O) groups is 1. The molecule has 1 fully saturated rings. The lowest BCUT2D eigenvalue weighted by Crippen LogP contribution is -2.47. The summed E-state index contributed by atoms with van der Waals surface area (Å²) in [4.78, 5) is 28.3. The number of sulfone groups is 1. The van der Waals surface area contributed by atoms with E-state index in [1.54, 1.807) is 29.5 Å². The summed E-state index contributed by atoms with van der Waals surface area (Å²) < 4.78 is 24.0. The Hall–Kier alpha value is -2.52. The number of fused-ring (bicyclic) bond motifs is 2. The Morgan fingerprint density at radius 3 is 2.84 bits per heavy atom. The third-order valence-electron chi connectivity index (χ3n) is 6.19. The molecule has 9 heteroatoms. The van der Waals surface area contributed by atoms with Crippen LogP contribution in [0.5, 0.6) is 0 Å². The topological polar surface area (TPSA) is 83.5 Å². The molecule has 162 valence electrons. The lowest BCUT2D eigenvalue weighted by Gasteiger charge is -2.32. The number of rotatable bonds is 3. The third-order valence-corrected chi connectivity index (χ3v) is 8.32. The highest BCUT2D eigenvalue weighted by molar-refractivity contribution is 7.90. The molecule has 5 rings (SSSR count). The van der Waals surface area contributed by atoms with E-state index in [2.05, 4.69) is 21.4 Å². The van der Waals surface area contributed by atoms with Gasteiger partial charge in [-0.1, -0.05) is 0 Å². The summed E-state index contributed by atoms with van der Waals surface area (Å²) in [5.41, 5.74) is 2.61. The second kappa shape index (κ2) is 7.56. The van der Waals surface area contributed by atoms with Gasteiger partial charge in [0, 0.05) is 36.2 Å². The summed E-state index contributed by atoms with van der Waals surface area (Å²) in [5.74, 6) is 0.625. The summed E-state index contributed by atoms with van der Waals surface area (Å²) in [5, 5.41) is 2.91. The Morgan fingerprint density at radius 1 is 1.19 bits per heavy atom. The minimum absolute atomic E-state index is 0.126. The molecule has 2 aliphatic rings. The number of hydrogen-bond donors (Lipinski definition) is 0. The smallest absolute Gasteiger partial charge is 0.245 e. The van der Waals surface area contributed by atoms with Crippen LogP contribution in [-0.2, 0) is 27.6 Å². The Labute approximate surface area is 185 Å². The van der Waals surface area contributed by atoms with Gasteiger partial charge in [-0.25, -0.2) is 18.4 Å². The van der Waals surface area contributed by atoms with Gasteiger partial charge >= 0.3 is 0 Å². The molecular weight excluding hydrogens is 432 g/mol. The number of anilines is 1. The number of aromatic nitrogens is 2. The molecule has 1 unspecified atom stereocenters. The molecule has 1 amide bonds. The summed E-state index contributed by atoms with van der Waals surface area (Å²) >= 11 is 1.76. The van der Waals surface area contributed by atoms with Gasteiger partial charge in [-0.3, -0.25) is 4.79 Å². The van der Waals surface area contributed by atoms with Crippen LogP contribution in [0.4, 0.5) is 5.95 Å². The predicted octanol–water partition coefficient (Wildman–Crippen LogP) is 2.96. The second-order valence-corrected chi connectivity index (χ2v) is 11.3. The van der Waals surface area contributed by atoms with E-state index in [0.717, 1.165) is 36.9 Å². The molecule has 7 nitrogen and oxygen atoms in total. The first-order valence-corrected chi connectivity index (χ1v) is 13.2. The number of thiophene rings is 1. The molecule has 0 radical (unpaired) electrons. The van der Waals surface area contributed by atoms with Gasteiger partial charge in [0.2, 0.25) is 11.9 Å². The van der Waals surface area contributed by atoms with E-state index in [9.17, 15) is 13.2 Å². The maximum Gasteiger partial charge on any atom is 0.245 e. The molecule has 0 spiro atoms. The molecule has 2 aromatic heterocycles. The maximum absolute atomic E-state index is 13.4. The van der Waals surface area contributed by atoms with Crippen molar-refractivity contribution < 1.29 is 13.2 Å². The molecule has 1 aromatic carbocycles. The first-order valence-electron chi connectivity index (χ1n) is 10.4. The molecule has 0 aliphatic carbocycles. The van der Waals surface area contributed by atoms with E-state index in [-0.39, 0.29) is 16.8 Å². The molecular formula is C22H24N4O3S2. The molecule has 0 N–H and O–H groups in total. The van der Waals surface area contributed by atoms with Crippen molar-refractivity contribution in [3.8, 4) is 0 Å². The van der Waals surface area contributed by atoms with Crippen molar-refractivity contribution in [2.75, 3.05) is 24.2 Å². The van der Waals surface area contributed by atoms with E-state index in [0.29, 0.717) is 24.6 Å². The average molecular weight is 457 g/mol. The number of carbonyl (C=O) groups excluding carboxylic acids is 1. The fraction of sp³-hybridized carbons (Fsp3) is 0.409.